The highest BCUT2D eigenvalue weighted by Crippen LogP contribution is 2.25. The monoisotopic (exact) mass is 416 g/mol. The van der Waals surface area contributed by atoms with Crippen molar-refractivity contribution in [1.82, 2.24) is 19.5 Å². The molecule has 10 heteroatoms. The van der Waals surface area contributed by atoms with Gasteiger partial charge in [0.05, 0.1) is 13.5 Å². The molecule has 0 aliphatic carbocycles. The fraction of sp³-hybridized carbons (Fsp3) is 0.316. The van der Waals surface area contributed by atoms with Gasteiger partial charge in [-0.1, -0.05) is 24.3 Å². The Kier molecular flexibility index (Phi) is 5.20. The van der Waals surface area contributed by atoms with Gasteiger partial charge in [-0.2, -0.15) is 4.31 Å². The fourth-order valence-corrected chi connectivity index (χ4v) is 4.99. The summed E-state index contributed by atoms with van der Waals surface area (Å²) in [6, 6.07) is 12.1. The number of carbonyl (C=O) groups excluding carboxylic acids is 1. The van der Waals surface area contributed by atoms with E-state index in [1.54, 1.807) is 24.1 Å². The molecular weight excluding hydrogens is 396 g/mol. The van der Waals surface area contributed by atoms with Gasteiger partial charge in [0.1, 0.15) is 16.2 Å². The summed E-state index contributed by atoms with van der Waals surface area (Å²) in [4.78, 5) is 14.4. The number of sulfonamides is 1. The normalized spacial score (nSPS) is 15.6. The van der Waals surface area contributed by atoms with Crippen LogP contribution in [0.5, 0.6) is 5.75 Å². The lowest BCUT2D eigenvalue weighted by molar-refractivity contribution is -0.131. The maximum atomic E-state index is 13.0. The van der Waals surface area contributed by atoms with E-state index in [2.05, 4.69) is 14.9 Å². The standard InChI is InChI=1S/C19H20N4O5S/c1-27-16-7-3-2-5-14(16)13-18(24)22-9-11-23(12-10-22)29(25,26)17-8-4-6-15-19(17)21-28-20-15/h2-8H,9-13H2,1H3. The predicted octanol–water partition coefficient (Wildman–Crippen LogP) is 1.31. The first-order valence-corrected chi connectivity index (χ1v) is 10.6. The summed E-state index contributed by atoms with van der Waals surface area (Å²) < 4.78 is 37.4. The minimum absolute atomic E-state index is 0.0602. The third-order valence-electron chi connectivity index (χ3n) is 4.99. The molecule has 0 atom stereocenters. The van der Waals surface area contributed by atoms with Crippen molar-refractivity contribution in [3.63, 3.8) is 0 Å². The lowest BCUT2D eigenvalue weighted by Crippen LogP contribution is -2.50. The Bertz CT molecular complexity index is 1140. The van der Waals surface area contributed by atoms with Gasteiger partial charge in [0.25, 0.3) is 0 Å². The highest BCUT2D eigenvalue weighted by atomic mass is 32.2. The van der Waals surface area contributed by atoms with E-state index < -0.39 is 10.0 Å². The molecule has 3 aromatic rings. The highest BCUT2D eigenvalue weighted by molar-refractivity contribution is 7.89. The van der Waals surface area contributed by atoms with Crippen LogP contribution in [0.3, 0.4) is 0 Å². The zero-order valence-corrected chi connectivity index (χ0v) is 16.6. The van der Waals surface area contributed by atoms with Gasteiger partial charge in [-0.05, 0) is 28.5 Å². The van der Waals surface area contributed by atoms with E-state index in [-0.39, 0.29) is 35.8 Å². The molecule has 1 saturated heterocycles. The average Bonchev–Trinajstić information content (AvgIpc) is 3.23. The summed E-state index contributed by atoms with van der Waals surface area (Å²) in [6.45, 7) is 1.06. The number of piperazine rings is 1. The smallest absolute Gasteiger partial charge is 0.245 e. The van der Waals surface area contributed by atoms with Gasteiger partial charge in [0.15, 0.2) is 5.52 Å². The Labute approximate surface area is 167 Å². The molecule has 0 saturated carbocycles. The average molecular weight is 416 g/mol. The molecule has 0 unspecified atom stereocenters. The van der Waals surface area contributed by atoms with Crippen LogP contribution in [0.2, 0.25) is 0 Å². The van der Waals surface area contributed by atoms with E-state index in [1.165, 1.54) is 10.4 Å². The highest BCUT2D eigenvalue weighted by Gasteiger charge is 2.32. The van der Waals surface area contributed by atoms with Crippen molar-refractivity contribution in [2.45, 2.75) is 11.3 Å². The lowest BCUT2D eigenvalue weighted by Gasteiger charge is -2.34. The van der Waals surface area contributed by atoms with Crippen LogP contribution in [0, 0.1) is 0 Å². The zero-order valence-electron chi connectivity index (χ0n) is 15.8. The molecule has 0 bridgehead atoms. The number of ether oxygens (including phenoxy) is 1. The molecule has 9 nitrogen and oxygen atoms in total. The van der Waals surface area contributed by atoms with E-state index in [1.807, 2.05) is 24.3 Å². The van der Waals surface area contributed by atoms with E-state index in [9.17, 15) is 13.2 Å². The number of fused-ring (bicyclic) bond motifs is 1. The van der Waals surface area contributed by atoms with Crippen molar-refractivity contribution in [2.75, 3.05) is 33.3 Å². The molecule has 152 valence electrons. The van der Waals surface area contributed by atoms with Crippen LogP contribution < -0.4 is 4.74 Å². The largest absolute Gasteiger partial charge is 0.496 e. The molecule has 1 aliphatic heterocycles. The third-order valence-corrected chi connectivity index (χ3v) is 6.92. The van der Waals surface area contributed by atoms with Gasteiger partial charge in [-0.25, -0.2) is 13.0 Å². The summed E-state index contributed by atoms with van der Waals surface area (Å²) in [5.41, 5.74) is 1.40. The van der Waals surface area contributed by atoms with Gasteiger partial charge >= 0.3 is 0 Å². The molecule has 1 aliphatic rings. The number of amides is 1. The minimum atomic E-state index is -3.76. The Morgan fingerprint density at radius 1 is 1.07 bits per heavy atom. The summed E-state index contributed by atoms with van der Waals surface area (Å²) >= 11 is 0. The number of para-hydroxylation sites is 1. The molecule has 2 heterocycles. The summed E-state index contributed by atoms with van der Waals surface area (Å²) in [5, 5.41) is 7.41. The van der Waals surface area contributed by atoms with Crippen LogP contribution in [0.15, 0.2) is 52.0 Å². The Morgan fingerprint density at radius 2 is 1.83 bits per heavy atom. The van der Waals surface area contributed by atoms with Crippen molar-refractivity contribution in [3.05, 3.63) is 48.0 Å². The molecule has 29 heavy (non-hydrogen) atoms. The van der Waals surface area contributed by atoms with Crippen LogP contribution in [0.1, 0.15) is 5.56 Å². The molecule has 1 amide bonds. The van der Waals surface area contributed by atoms with Crippen molar-refractivity contribution in [2.24, 2.45) is 0 Å². The Hall–Kier alpha value is -2.98. The third kappa shape index (κ3) is 3.68. The van der Waals surface area contributed by atoms with Gasteiger partial charge < -0.3 is 9.64 Å². The van der Waals surface area contributed by atoms with Crippen LogP contribution in [0.25, 0.3) is 11.0 Å². The number of hydrogen-bond donors (Lipinski definition) is 0. The maximum absolute atomic E-state index is 13.0. The van der Waals surface area contributed by atoms with E-state index >= 15 is 0 Å². The van der Waals surface area contributed by atoms with Gasteiger partial charge in [-0.3, -0.25) is 4.79 Å². The number of rotatable bonds is 5. The number of hydrogen-bond acceptors (Lipinski definition) is 7. The van der Waals surface area contributed by atoms with Gasteiger partial charge in [0.2, 0.25) is 15.9 Å². The maximum Gasteiger partial charge on any atom is 0.245 e. The number of carbonyl (C=O) groups is 1. The predicted molar refractivity (Wildman–Crippen MR) is 104 cm³/mol. The van der Waals surface area contributed by atoms with E-state index in [0.29, 0.717) is 24.4 Å². The lowest BCUT2D eigenvalue weighted by atomic mass is 10.1. The SMILES string of the molecule is COc1ccccc1CC(=O)N1CCN(S(=O)(=O)c2cccc3nonc23)CC1. The molecular formula is C19H20N4O5S. The Balaban J connectivity index is 1.45. The number of nitrogens with zero attached hydrogens (tertiary/aromatic N) is 4. The van der Waals surface area contributed by atoms with Crippen molar-refractivity contribution < 1.29 is 22.6 Å². The van der Waals surface area contributed by atoms with E-state index in [0.717, 1.165) is 5.56 Å². The molecule has 0 radical (unpaired) electrons. The first kappa shape index (κ1) is 19.3. The van der Waals surface area contributed by atoms with Crippen LogP contribution in [-0.2, 0) is 21.2 Å². The second kappa shape index (κ2) is 7.80. The molecule has 4 rings (SSSR count). The number of aromatic nitrogens is 2. The molecule has 0 spiro atoms. The number of methoxy groups -OCH3 is 1. The van der Waals surface area contributed by atoms with Crippen LogP contribution >= 0.6 is 0 Å². The van der Waals surface area contributed by atoms with Crippen molar-refractivity contribution in [3.8, 4) is 5.75 Å². The molecule has 2 aromatic carbocycles. The fourth-order valence-electron chi connectivity index (χ4n) is 3.43. The van der Waals surface area contributed by atoms with Gasteiger partial charge in [0, 0.05) is 31.7 Å². The minimum Gasteiger partial charge on any atom is -0.496 e. The molecule has 1 fully saturated rings. The van der Waals surface area contributed by atoms with Crippen LogP contribution in [0.4, 0.5) is 0 Å². The number of benzene rings is 2. The van der Waals surface area contributed by atoms with Crippen molar-refractivity contribution >= 4 is 27.0 Å². The van der Waals surface area contributed by atoms with Crippen molar-refractivity contribution in [1.29, 1.82) is 0 Å². The first-order valence-electron chi connectivity index (χ1n) is 9.12. The quantitative estimate of drug-likeness (QED) is 0.617. The second-order valence-corrected chi connectivity index (χ2v) is 8.57. The topological polar surface area (TPSA) is 106 Å². The van der Waals surface area contributed by atoms with Crippen LogP contribution in [-0.4, -0.2) is 67.1 Å². The summed E-state index contributed by atoms with van der Waals surface area (Å²) in [7, 11) is -2.20. The van der Waals surface area contributed by atoms with Gasteiger partial charge in [-0.15, -0.1) is 0 Å². The Morgan fingerprint density at radius 3 is 2.59 bits per heavy atom. The summed E-state index contributed by atoms with van der Waals surface area (Å²) in [5.74, 6) is 0.603. The second-order valence-electron chi connectivity index (χ2n) is 6.66. The molecule has 0 N–H and O–H groups in total. The summed E-state index contributed by atoms with van der Waals surface area (Å²) in [6.07, 6.45) is 0.209. The molecule has 1 aromatic heterocycles. The first-order chi connectivity index (χ1) is 14.0. The zero-order chi connectivity index (χ0) is 20.4. The van der Waals surface area contributed by atoms with E-state index in [4.69, 9.17) is 4.74 Å².